The molecule has 0 heterocycles. The van der Waals surface area contributed by atoms with E-state index in [0.29, 0.717) is 19.1 Å². The SMILES string of the molecule is CN=C(NCCCOC)NCCOc1ccc(C(C)C)cc1.I. The first-order valence-electron chi connectivity index (χ1n) is 7.83. The fourth-order valence-corrected chi connectivity index (χ4v) is 1.93. The summed E-state index contributed by atoms with van der Waals surface area (Å²) in [5, 5.41) is 6.45. The van der Waals surface area contributed by atoms with Gasteiger partial charge in [-0.2, -0.15) is 0 Å². The molecule has 1 aromatic carbocycles. The summed E-state index contributed by atoms with van der Waals surface area (Å²) in [6.07, 6.45) is 0.954. The standard InChI is InChI=1S/C17H29N3O2.HI/c1-14(2)15-6-8-16(9-7-15)22-13-11-20-17(18-3)19-10-5-12-21-4;/h6-9,14H,5,10-13H2,1-4H3,(H2,18,19,20);1H. The Morgan fingerprint density at radius 1 is 1.09 bits per heavy atom. The van der Waals surface area contributed by atoms with E-state index in [1.54, 1.807) is 14.2 Å². The number of rotatable bonds is 9. The first kappa shape index (κ1) is 22.0. The van der Waals surface area contributed by atoms with E-state index in [-0.39, 0.29) is 24.0 Å². The number of ether oxygens (including phenoxy) is 2. The maximum atomic E-state index is 5.71. The molecule has 0 atom stereocenters. The lowest BCUT2D eigenvalue weighted by molar-refractivity contribution is 0.195. The Morgan fingerprint density at radius 2 is 1.74 bits per heavy atom. The van der Waals surface area contributed by atoms with Gasteiger partial charge in [0, 0.05) is 27.3 Å². The van der Waals surface area contributed by atoms with E-state index in [4.69, 9.17) is 9.47 Å². The zero-order chi connectivity index (χ0) is 16.2. The molecule has 0 radical (unpaired) electrons. The van der Waals surface area contributed by atoms with Crippen molar-refractivity contribution in [2.24, 2.45) is 4.99 Å². The predicted octanol–water partition coefficient (Wildman–Crippen LogP) is 3.01. The second kappa shape index (κ2) is 13.4. The van der Waals surface area contributed by atoms with Crippen molar-refractivity contribution >= 4 is 29.9 Å². The average Bonchev–Trinajstić information content (AvgIpc) is 2.53. The minimum absolute atomic E-state index is 0. The molecule has 0 unspecified atom stereocenters. The van der Waals surface area contributed by atoms with Crippen LogP contribution in [0.25, 0.3) is 0 Å². The molecule has 5 nitrogen and oxygen atoms in total. The number of aliphatic imine (C=N–C) groups is 1. The third-order valence-electron chi connectivity index (χ3n) is 3.25. The van der Waals surface area contributed by atoms with E-state index in [1.165, 1.54) is 5.56 Å². The first-order chi connectivity index (χ1) is 10.7. The highest BCUT2D eigenvalue weighted by Gasteiger charge is 2.00. The maximum Gasteiger partial charge on any atom is 0.191 e. The lowest BCUT2D eigenvalue weighted by atomic mass is 10.0. The summed E-state index contributed by atoms with van der Waals surface area (Å²) >= 11 is 0. The van der Waals surface area contributed by atoms with Crippen molar-refractivity contribution in [1.82, 2.24) is 10.6 Å². The molecule has 132 valence electrons. The first-order valence-corrected chi connectivity index (χ1v) is 7.83. The van der Waals surface area contributed by atoms with Gasteiger partial charge in [-0.15, -0.1) is 24.0 Å². The highest BCUT2D eigenvalue weighted by atomic mass is 127. The van der Waals surface area contributed by atoms with E-state index in [0.717, 1.165) is 31.3 Å². The summed E-state index contributed by atoms with van der Waals surface area (Å²) in [6, 6.07) is 8.27. The van der Waals surface area contributed by atoms with Gasteiger partial charge in [0.15, 0.2) is 5.96 Å². The summed E-state index contributed by atoms with van der Waals surface area (Å²) in [6.45, 7) is 7.26. The molecular formula is C17H30IN3O2. The number of hydrogen-bond donors (Lipinski definition) is 2. The van der Waals surface area contributed by atoms with Crippen molar-refractivity contribution in [3.63, 3.8) is 0 Å². The van der Waals surface area contributed by atoms with E-state index < -0.39 is 0 Å². The van der Waals surface area contributed by atoms with Crippen LogP contribution in [0.2, 0.25) is 0 Å². The fourth-order valence-electron chi connectivity index (χ4n) is 1.93. The van der Waals surface area contributed by atoms with E-state index in [1.807, 2.05) is 12.1 Å². The molecule has 0 saturated carbocycles. The molecule has 1 rings (SSSR count). The fraction of sp³-hybridized carbons (Fsp3) is 0.588. The number of guanidine groups is 1. The molecule has 0 aliphatic heterocycles. The molecule has 0 fully saturated rings. The Morgan fingerprint density at radius 3 is 2.30 bits per heavy atom. The summed E-state index contributed by atoms with van der Waals surface area (Å²) in [4.78, 5) is 4.16. The number of nitrogens with zero attached hydrogens (tertiary/aromatic N) is 1. The molecule has 6 heteroatoms. The third-order valence-corrected chi connectivity index (χ3v) is 3.25. The molecule has 0 bridgehead atoms. The molecule has 23 heavy (non-hydrogen) atoms. The van der Waals surface area contributed by atoms with Gasteiger partial charge >= 0.3 is 0 Å². The van der Waals surface area contributed by atoms with E-state index >= 15 is 0 Å². The molecule has 1 aromatic rings. The molecule has 0 aliphatic carbocycles. The Bertz CT molecular complexity index is 436. The second-order valence-electron chi connectivity index (χ2n) is 5.34. The normalized spacial score (nSPS) is 11.1. The molecule has 0 amide bonds. The van der Waals surface area contributed by atoms with Gasteiger partial charge in [-0.1, -0.05) is 26.0 Å². The van der Waals surface area contributed by atoms with Crippen LogP contribution in [0.3, 0.4) is 0 Å². The Balaban J connectivity index is 0.00000484. The molecule has 0 saturated heterocycles. The Hall–Kier alpha value is -1.02. The smallest absolute Gasteiger partial charge is 0.191 e. The molecule has 0 aromatic heterocycles. The van der Waals surface area contributed by atoms with Gasteiger partial charge < -0.3 is 20.1 Å². The number of nitrogens with one attached hydrogen (secondary N) is 2. The number of methoxy groups -OCH3 is 1. The van der Waals surface area contributed by atoms with Crippen LogP contribution in [0.5, 0.6) is 5.75 Å². The Kier molecular flexibility index (Phi) is 12.8. The molecular weight excluding hydrogens is 405 g/mol. The molecule has 0 aliphatic rings. The predicted molar refractivity (Wildman–Crippen MR) is 107 cm³/mol. The lowest BCUT2D eigenvalue weighted by Gasteiger charge is -2.13. The van der Waals surface area contributed by atoms with Crippen LogP contribution < -0.4 is 15.4 Å². The van der Waals surface area contributed by atoms with Gasteiger partial charge in [0.25, 0.3) is 0 Å². The Labute approximate surface area is 157 Å². The summed E-state index contributed by atoms with van der Waals surface area (Å²) in [7, 11) is 3.47. The minimum atomic E-state index is 0. The van der Waals surface area contributed by atoms with Crippen LogP contribution in [-0.4, -0.2) is 46.4 Å². The topological polar surface area (TPSA) is 54.9 Å². The lowest BCUT2D eigenvalue weighted by Crippen LogP contribution is -2.39. The van der Waals surface area contributed by atoms with Crippen molar-refractivity contribution in [2.75, 3.05) is 40.5 Å². The van der Waals surface area contributed by atoms with Crippen molar-refractivity contribution in [3.05, 3.63) is 29.8 Å². The highest BCUT2D eigenvalue weighted by molar-refractivity contribution is 14.0. The van der Waals surface area contributed by atoms with Gasteiger partial charge in [0.2, 0.25) is 0 Å². The van der Waals surface area contributed by atoms with Crippen molar-refractivity contribution in [1.29, 1.82) is 0 Å². The van der Waals surface area contributed by atoms with Crippen LogP contribution in [-0.2, 0) is 4.74 Å². The van der Waals surface area contributed by atoms with Crippen LogP contribution in [0, 0.1) is 0 Å². The van der Waals surface area contributed by atoms with Crippen LogP contribution in [0.4, 0.5) is 0 Å². The number of halogens is 1. The maximum absolute atomic E-state index is 5.71. The quantitative estimate of drug-likeness (QED) is 0.271. The largest absolute Gasteiger partial charge is 0.492 e. The summed E-state index contributed by atoms with van der Waals surface area (Å²) in [5.74, 6) is 2.23. The minimum Gasteiger partial charge on any atom is -0.492 e. The summed E-state index contributed by atoms with van der Waals surface area (Å²) < 4.78 is 10.7. The third kappa shape index (κ3) is 9.65. The number of benzene rings is 1. The van der Waals surface area contributed by atoms with Crippen LogP contribution >= 0.6 is 24.0 Å². The monoisotopic (exact) mass is 435 g/mol. The van der Waals surface area contributed by atoms with Crippen LogP contribution in [0.1, 0.15) is 31.7 Å². The van der Waals surface area contributed by atoms with E-state index in [2.05, 4.69) is 41.6 Å². The summed E-state index contributed by atoms with van der Waals surface area (Å²) in [5.41, 5.74) is 1.33. The molecule has 0 spiro atoms. The molecule has 2 N–H and O–H groups in total. The van der Waals surface area contributed by atoms with Gasteiger partial charge in [0.05, 0.1) is 6.54 Å². The van der Waals surface area contributed by atoms with Crippen molar-refractivity contribution in [2.45, 2.75) is 26.2 Å². The van der Waals surface area contributed by atoms with Crippen molar-refractivity contribution in [3.8, 4) is 5.75 Å². The zero-order valence-corrected chi connectivity index (χ0v) is 16.9. The van der Waals surface area contributed by atoms with Gasteiger partial charge in [-0.25, -0.2) is 0 Å². The van der Waals surface area contributed by atoms with Crippen LogP contribution in [0.15, 0.2) is 29.3 Å². The number of hydrogen-bond acceptors (Lipinski definition) is 3. The van der Waals surface area contributed by atoms with Gasteiger partial charge in [-0.05, 0) is 30.0 Å². The average molecular weight is 435 g/mol. The highest BCUT2D eigenvalue weighted by Crippen LogP contribution is 2.18. The van der Waals surface area contributed by atoms with Gasteiger partial charge in [-0.3, -0.25) is 4.99 Å². The second-order valence-corrected chi connectivity index (χ2v) is 5.34. The van der Waals surface area contributed by atoms with Crippen molar-refractivity contribution < 1.29 is 9.47 Å². The van der Waals surface area contributed by atoms with E-state index in [9.17, 15) is 0 Å². The van der Waals surface area contributed by atoms with Gasteiger partial charge in [0.1, 0.15) is 12.4 Å². The zero-order valence-electron chi connectivity index (χ0n) is 14.6.